The van der Waals surface area contributed by atoms with Gasteiger partial charge in [-0.15, -0.1) is 11.3 Å². The highest BCUT2D eigenvalue weighted by atomic mass is 32.1. The molecule has 1 N–H and O–H groups in total. The Morgan fingerprint density at radius 1 is 0.462 bits per heavy atom. The minimum absolute atomic E-state index is 1.14. The van der Waals surface area contributed by atoms with Crippen LogP contribution in [0.4, 0.5) is 17.1 Å². The number of thiophene rings is 1. The molecule has 184 valence electrons. The van der Waals surface area contributed by atoms with Crippen molar-refractivity contribution < 1.29 is 0 Å². The number of rotatable bonds is 4. The molecule has 0 bridgehead atoms. The molecule has 2 aromatic heterocycles. The number of benzene rings is 6. The van der Waals surface area contributed by atoms with Crippen molar-refractivity contribution >= 4 is 70.4 Å². The van der Waals surface area contributed by atoms with Gasteiger partial charge in [0.15, 0.2) is 0 Å². The molecule has 2 heterocycles. The van der Waals surface area contributed by atoms with Crippen molar-refractivity contribution in [3.05, 3.63) is 140 Å². The molecule has 0 radical (unpaired) electrons. The number of hydrogen-bond acceptors (Lipinski definition) is 2. The summed E-state index contributed by atoms with van der Waals surface area (Å²) in [6, 6.07) is 50.2. The first kappa shape index (κ1) is 22.2. The van der Waals surface area contributed by atoms with Crippen molar-refractivity contribution in [1.82, 2.24) is 4.98 Å². The fraction of sp³-hybridized carbons (Fsp3) is 0. The van der Waals surface area contributed by atoms with Crippen LogP contribution in [0.5, 0.6) is 0 Å². The summed E-state index contributed by atoms with van der Waals surface area (Å²) in [5, 5.41) is 5.14. The highest BCUT2D eigenvalue weighted by molar-refractivity contribution is 7.26. The fourth-order valence-electron chi connectivity index (χ4n) is 5.74. The quantitative estimate of drug-likeness (QED) is 0.246. The highest BCUT2D eigenvalue weighted by Gasteiger charge is 2.18. The van der Waals surface area contributed by atoms with Crippen LogP contribution in [0.3, 0.4) is 0 Å². The third-order valence-electron chi connectivity index (χ3n) is 7.60. The molecule has 3 heteroatoms. The molecule has 8 aromatic rings. The molecule has 6 aromatic carbocycles. The molecule has 0 saturated carbocycles. The monoisotopic (exact) mass is 516 g/mol. The molecule has 0 saturated heterocycles. The number of aromatic amines is 1. The van der Waals surface area contributed by atoms with Gasteiger partial charge >= 0.3 is 0 Å². The van der Waals surface area contributed by atoms with Gasteiger partial charge in [0.25, 0.3) is 0 Å². The predicted octanol–water partition coefficient (Wildman–Crippen LogP) is 10.8. The van der Waals surface area contributed by atoms with Crippen LogP contribution in [0.15, 0.2) is 140 Å². The smallest absolute Gasteiger partial charge is 0.0640 e. The van der Waals surface area contributed by atoms with E-state index in [1.165, 1.54) is 58.8 Å². The van der Waals surface area contributed by atoms with Crippen LogP contribution in [0, 0.1) is 0 Å². The summed E-state index contributed by atoms with van der Waals surface area (Å²) in [7, 11) is 0. The van der Waals surface area contributed by atoms with Crippen molar-refractivity contribution in [1.29, 1.82) is 0 Å². The zero-order chi connectivity index (χ0) is 25.8. The molecule has 0 atom stereocenters. The minimum atomic E-state index is 1.14. The number of hydrogen-bond donors (Lipinski definition) is 1. The van der Waals surface area contributed by atoms with Crippen LogP contribution >= 0.6 is 11.3 Å². The van der Waals surface area contributed by atoms with E-state index in [-0.39, 0.29) is 0 Å². The van der Waals surface area contributed by atoms with E-state index in [9.17, 15) is 0 Å². The van der Waals surface area contributed by atoms with Gasteiger partial charge < -0.3 is 9.88 Å². The highest BCUT2D eigenvalue weighted by Crippen LogP contribution is 2.44. The van der Waals surface area contributed by atoms with Crippen molar-refractivity contribution in [2.45, 2.75) is 0 Å². The maximum atomic E-state index is 3.54. The fourth-order valence-corrected chi connectivity index (χ4v) is 6.95. The van der Waals surface area contributed by atoms with Crippen LogP contribution in [0.2, 0.25) is 0 Å². The van der Waals surface area contributed by atoms with Gasteiger partial charge in [-0.2, -0.15) is 0 Å². The van der Waals surface area contributed by atoms with Gasteiger partial charge in [-0.1, -0.05) is 84.9 Å². The van der Waals surface area contributed by atoms with Gasteiger partial charge in [0.05, 0.1) is 10.4 Å². The van der Waals surface area contributed by atoms with E-state index in [1.807, 2.05) is 11.3 Å². The van der Waals surface area contributed by atoms with Crippen LogP contribution in [0.25, 0.3) is 53.1 Å². The Hall–Kier alpha value is -4.86. The summed E-state index contributed by atoms with van der Waals surface area (Å²) >= 11 is 1.86. The topological polar surface area (TPSA) is 19.0 Å². The number of aromatic nitrogens is 1. The number of H-pyrrole nitrogens is 1. The largest absolute Gasteiger partial charge is 0.355 e. The van der Waals surface area contributed by atoms with Crippen LogP contribution in [-0.4, -0.2) is 4.98 Å². The second kappa shape index (κ2) is 8.87. The zero-order valence-corrected chi connectivity index (χ0v) is 22.0. The van der Waals surface area contributed by atoms with E-state index >= 15 is 0 Å². The number of fused-ring (bicyclic) bond motifs is 6. The Morgan fingerprint density at radius 3 is 2.00 bits per heavy atom. The van der Waals surface area contributed by atoms with E-state index in [1.54, 1.807) is 0 Å². The number of nitrogens with one attached hydrogen (secondary N) is 1. The van der Waals surface area contributed by atoms with E-state index in [2.05, 4.69) is 149 Å². The second-order valence-electron chi connectivity index (χ2n) is 9.90. The minimum Gasteiger partial charge on any atom is -0.355 e. The van der Waals surface area contributed by atoms with Crippen molar-refractivity contribution in [3.8, 4) is 11.1 Å². The van der Waals surface area contributed by atoms with Crippen LogP contribution in [0.1, 0.15) is 0 Å². The molecule has 0 amide bonds. The molecule has 0 aliphatic heterocycles. The lowest BCUT2D eigenvalue weighted by Gasteiger charge is -2.26. The molecular weight excluding hydrogens is 492 g/mol. The maximum Gasteiger partial charge on any atom is 0.0640 e. The summed E-state index contributed by atoms with van der Waals surface area (Å²) in [5.41, 5.74) is 8.26. The van der Waals surface area contributed by atoms with E-state index in [0.29, 0.717) is 0 Å². The molecule has 0 spiro atoms. The van der Waals surface area contributed by atoms with Crippen molar-refractivity contribution in [2.24, 2.45) is 0 Å². The summed E-state index contributed by atoms with van der Waals surface area (Å²) in [4.78, 5) is 5.91. The lowest BCUT2D eigenvalue weighted by atomic mass is 10.0. The Labute approximate surface area is 230 Å². The lowest BCUT2D eigenvalue weighted by molar-refractivity contribution is 1.30. The van der Waals surface area contributed by atoms with Gasteiger partial charge in [-0.05, 0) is 65.7 Å². The number of para-hydroxylation sites is 2. The third kappa shape index (κ3) is 3.63. The average Bonchev–Trinajstić information content (AvgIpc) is 3.57. The second-order valence-corrected chi connectivity index (χ2v) is 11.0. The van der Waals surface area contributed by atoms with Crippen LogP contribution < -0.4 is 4.90 Å². The predicted molar refractivity (Wildman–Crippen MR) is 169 cm³/mol. The Balaban J connectivity index is 1.26. The molecule has 0 aliphatic rings. The Bertz CT molecular complexity index is 2120. The first-order valence-corrected chi connectivity index (χ1v) is 14.0. The number of anilines is 3. The normalized spacial score (nSPS) is 11.6. The van der Waals surface area contributed by atoms with Crippen molar-refractivity contribution in [2.75, 3.05) is 4.90 Å². The van der Waals surface area contributed by atoms with Gasteiger partial charge in [0.1, 0.15) is 0 Å². The molecule has 0 fully saturated rings. The molecular formula is C36H24N2S. The van der Waals surface area contributed by atoms with Gasteiger partial charge in [-0.3, -0.25) is 0 Å². The first-order chi connectivity index (χ1) is 19.3. The molecule has 0 aliphatic carbocycles. The summed E-state index contributed by atoms with van der Waals surface area (Å²) < 4.78 is 2.62. The Kier molecular flexibility index (Phi) is 5.04. The SMILES string of the molecule is c1ccc(N(c2ccc(-c3ccc4[nH]c5ccccc5c4c3)cc2)c2cccc3c2sc2ccccc23)cc1. The molecule has 2 nitrogen and oxygen atoms in total. The van der Waals surface area contributed by atoms with Crippen LogP contribution in [-0.2, 0) is 0 Å². The first-order valence-electron chi connectivity index (χ1n) is 13.2. The van der Waals surface area contributed by atoms with E-state index in [4.69, 9.17) is 0 Å². The third-order valence-corrected chi connectivity index (χ3v) is 8.81. The van der Waals surface area contributed by atoms with E-state index < -0.39 is 0 Å². The molecule has 39 heavy (non-hydrogen) atoms. The Morgan fingerprint density at radius 2 is 1.13 bits per heavy atom. The molecule has 8 rings (SSSR count). The summed E-state index contributed by atoms with van der Waals surface area (Å²) in [5.74, 6) is 0. The standard InChI is InChI=1S/C36H24N2S/c1-2-9-26(10-3-1)38(34-15-8-13-30-29-12-5-7-16-35(29)39-36(30)34)27-20-17-24(18-21-27)25-19-22-33-31(23-25)28-11-4-6-14-32(28)37-33/h1-23,37H. The van der Waals surface area contributed by atoms with Crippen molar-refractivity contribution in [3.63, 3.8) is 0 Å². The maximum absolute atomic E-state index is 3.54. The summed E-state index contributed by atoms with van der Waals surface area (Å²) in [6.07, 6.45) is 0. The van der Waals surface area contributed by atoms with Gasteiger partial charge in [0.2, 0.25) is 0 Å². The van der Waals surface area contributed by atoms with E-state index in [0.717, 1.165) is 11.4 Å². The zero-order valence-electron chi connectivity index (χ0n) is 21.1. The molecule has 0 unspecified atom stereocenters. The van der Waals surface area contributed by atoms with Gasteiger partial charge in [0, 0.05) is 48.7 Å². The number of nitrogens with zero attached hydrogens (tertiary/aromatic N) is 1. The average molecular weight is 517 g/mol. The lowest BCUT2D eigenvalue weighted by Crippen LogP contribution is -2.09. The summed E-state index contributed by atoms with van der Waals surface area (Å²) in [6.45, 7) is 0. The van der Waals surface area contributed by atoms with Gasteiger partial charge in [-0.25, -0.2) is 0 Å².